The number of nitrogens with one attached hydrogen (secondary N) is 1. The number of unbranched alkanes of at least 4 members (excludes halogenated alkanes) is 1. The number of aliphatic hydroxyl groups is 1. The summed E-state index contributed by atoms with van der Waals surface area (Å²) in [5.74, 6) is -3.68. The zero-order valence-corrected chi connectivity index (χ0v) is 27.4. The number of halogens is 2. The topological polar surface area (TPSA) is 125 Å². The molecule has 242 valence electrons. The maximum absolute atomic E-state index is 14.8. The lowest BCUT2D eigenvalue weighted by Crippen LogP contribution is -2.56. The minimum atomic E-state index is -1.43. The number of carbonyl (C=O) groups is 4. The van der Waals surface area contributed by atoms with E-state index in [1.165, 1.54) is 4.90 Å². The number of cyclic esters (lactones) is 1. The minimum absolute atomic E-state index is 0.0516. The second-order valence-electron chi connectivity index (χ2n) is 11.9. The van der Waals surface area contributed by atoms with Gasteiger partial charge in [-0.3, -0.25) is 19.2 Å². The van der Waals surface area contributed by atoms with Gasteiger partial charge in [0.2, 0.25) is 11.8 Å². The first-order chi connectivity index (χ1) is 22.2. The van der Waals surface area contributed by atoms with Gasteiger partial charge < -0.3 is 29.7 Å². The van der Waals surface area contributed by atoms with E-state index in [1.54, 1.807) is 35.2 Å². The fraction of sp³-hybridized carbons (Fsp3) is 0.412. The van der Waals surface area contributed by atoms with Crippen LogP contribution in [0.25, 0.3) is 0 Å². The van der Waals surface area contributed by atoms with Crippen molar-refractivity contribution in [3.05, 3.63) is 87.9 Å². The number of anilines is 1. The molecule has 4 aliphatic heterocycles. The average molecular weight is 713 g/mol. The summed E-state index contributed by atoms with van der Waals surface area (Å²) in [6.07, 6.45) is 5.30. The molecule has 2 saturated heterocycles. The van der Waals surface area contributed by atoms with E-state index in [9.17, 15) is 24.3 Å². The Morgan fingerprint density at radius 1 is 1.00 bits per heavy atom. The third-order valence-corrected chi connectivity index (χ3v) is 9.98. The molecule has 12 heteroatoms. The molecule has 6 rings (SSSR count). The molecule has 4 aliphatic rings. The van der Waals surface area contributed by atoms with E-state index in [4.69, 9.17) is 21.1 Å². The van der Waals surface area contributed by atoms with E-state index in [-0.39, 0.29) is 50.4 Å². The Kier molecular flexibility index (Phi) is 9.65. The molecule has 3 amide bonds. The SMILES string of the molecule is O=C1CC/C=C\CN(c2ccc(Cl)cc2)C(=O)[C@@H]2N(CCCCO)C(=O)[C@H]3[C@H](C(=O)O[C@H](c4ccccc4)CN1)[C@H]1O[C@@]23C=C1Br. The van der Waals surface area contributed by atoms with Crippen LogP contribution in [0.5, 0.6) is 0 Å². The summed E-state index contributed by atoms with van der Waals surface area (Å²) < 4.78 is 13.2. The van der Waals surface area contributed by atoms with E-state index in [0.717, 1.165) is 0 Å². The number of amides is 3. The van der Waals surface area contributed by atoms with Gasteiger partial charge in [-0.25, -0.2) is 0 Å². The van der Waals surface area contributed by atoms with Gasteiger partial charge in [-0.1, -0.05) is 70.0 Å². The molecule has 10 nitrogen and oxygen atoms in total. The summed E-state index contributed by atoms with van der Waals surface area (Å²) in [7, 11) is 0. The number of ether oxygens (including phenoxy) is 2. The van der Waals surface area contributed by atoms with Crippen LogP contribution in [0.2, 0.25) is 5.02 Å². The maximum atomic E-state index is 14.8. The summed E-state index contributed by atoms with van der Waals surface area (Å²) in [6.45, 7) is 0.343. The molecule has 0 saturated carbocycles. The van der Waals surface area contributed by atoms with Gasteiger partial charge >= 0.3 is 5.97 Å². The summed E-state index contributed by atoms with van der Waals surface area (Å²) in [6, 6.07) is 14.9. The highest BCUT2D eigenvalue weighted by Crippen LogP contribution is 2.59. The first-order valence-electron chi connectivity index (χ1n) is 15.5. The number of rotatable bonds is 6. The first kappa shape index (κ1) is 32.4. The second-order valence-corrected chi connectivity index (χ2v) is 13.2. The van der Waals surface area contributed by atoms with Gasteiger partial charge in [-0.2, -0.15) is 0 Å². The fourth-order valence-electron chi connectivity index (χ4n) is 6.91. The Hall–Kier alpha value is -3.51. The molecule has 2 fully saturated rings. The van der Waals surface area contributed by atoms with E-state index in [1.807, 2.05) is 42.5 Å². The number of nitrogens with zero attached hydrogens (tertiary/aromatic N) is 2. The highest BCUT2D eigenvalue weighted by Gasteiger charge is 2.75. The highest BCUT2D eigenvalue weighted by atomic mass is 79.9. The number of fused-ring (bicyclic) bond motifs is 2. The van der Waals surface area contributed by atoms with E-state index in [2.05, 4.69) is 21.2 Å². The van der Waals surface area contributed by atoms with Crippen molar-refractivity contribution in [2.24, 2.45) is 11.8 Å². The monoisotopic (exact) mass is 711 g/mol. The molecule has 46 heavy (non-hydrogen) atoms. The van der Waals surface area contributed by atoms with Gasteiger partial charge in [-0.15, -0.1) is 0 Å². The van der Waals surface area contributed by atoms with Crippen molar-refractivity contribution in [2.45, 2.75) is 49.5 Å². The molecule has 2 N–H and O–H groups in total. The molecule has 2 aromatic rings. The van der Waals surface area contributed by atoms with Crippen molar-refractivity contribution in [3.63, 3.8) is 0 Å². The van der Waals surface area contributed by atoms with Crippen molar-refractivity contribution in [1.82, 2.24) is 10.2 Å². The van der Waals surface area contributed by atoms with Gasteiger partial charge in [-0.05, 0) is 55.2 Å². The fourth-order valence-corrected chi connectivity index (χ4v) is 7.77. The molecule has 6 atom stereocenters. The number of hydrogen-bond acceptors (Lipinski definition) is 7. The van der Waals surface area contributed by atoms with Crippen LogP contribution in [-0.4, -0.2) is 77.7 Å². The Morgan fingerprint density at radius 2 is 1.76 bits per heavy atom. The third-order valence-electron chi connectivity index (χ3n) is 9.05. The second kappa shape index (κ2) is 13.7. The normalized spacial score (nSPS) is 30.6. The van der Waals surface area contributed by atoms with Crippen LogP contribution in [0.3, 0.4) is 0 Å². The average Bonchev–Trinajstić information content (AvgIpc) is 3.64. The van der Waals surface area contributed by atoms with Crippen molar-refractivity contribution < 1.29 is 33.8 Å². The molecular formula is C34H35BrClN3O7. The number of hydrogen-bond donors (Lipinski definition) is 2. The number of aliphatic hydroxyl groups excluding tert-OH is 1. The van der Waals surface area contributed by atoms with Crippen molar-refractivity contribution in [1.29, 1.82) is 0 Å². The van der Waals surface area contributed by atoms with Gasteiger partial charge in [0.05, 0.1) is 12.5 Å². The standard InChI is InChI=1S/C34H35BrClN3O7/c35-24-19-34-28-27(29(24)46-34)33(44)45-25(21-9-3-1-4-10-21)20-37-26(41)11-5-2-6-16-38(23-14-12-22(36)13-15-23)32(43)30(34)39(31(28)42)17-7-8-18-40/h1-4,6,9-10,12-15,19,25,27-30,40H,5,7-8,11,16-18,20H2,(H,37,41)/b6-2-/t25-,27-,28+,29-,30-,34+/m0/s1. The lowest BCUT2D eigenvalue weighted by molar-refractivity contribution is -0.159. The predicted molar refractivity (Wildman–Crippen MR) is 174 cm³/mol. The van der Waals surface area contributed by atoms with Crippen LogP contribution in [0.1, 0.15) is 37.4 Å². The van der Waals surface area contributed by atoms with Crippen molar-refractivity contribution >= 4 is 56.9 Å². The molecule has 5 bridgehead atoms. The number of esters is 1. The largest absolute Gasteiger partial charge is 0.455 e. The van der Waals surface area contributed by atoms with Crippen LogP contribution < -0.4 is 10.2 Å². The molecular weight excluding hydrogens is 678 g/mol. The first-order valence-corrected chi connectivity index (χ1v) is 16.6. The number of carbonyl (C=O) groups excluding carboxylic acids is 4. The highest BCUT2D eigenvalue weighted by molar-refractivity contribution is 9.11. The molecule has 2 aromatic carbocycles. The number of likely N-dealkylation sites (tertiary alicyclic amines) is 1. The maximum Gasteiger partial charge on any atom is 0.313 e. The van der Waals surface area contributed by atoms with Gasteiger partial charge in [0.15, 0.2) is 0 Å². The Bertz CT molecular complexity index is 1550. The lowest BCUT2D eigenvalue weighted by Gasteiger charge is -2.36. The molecule has 0 radical (unpaired) electrons. The third kappa shape index (κ3) is 6.01. The Labute approximate surface area is 280 Å². The molecule has 4 heterocycles. The Morgan fingerprint density at radius 3 is 2.50 bits per heavy atom. The van der Waals surface area contributed by atoms with Gasteiger partial charge in [0.1, 0.15) is 29.8 Å². The molecule has 0 aromatic heterocycles. The minimum Gasteiger partial charge on any atom is -0.455 e. The summed E-state index contributed by atoms with van der Waals surface area (Å²) in [4.78, 5) is 59.1. The van der Waals surface area contributed by atoms with Gasteiger partial charge in [0, 0.05) is 41.3 Å². The summed E-state index contributed by atoms with van der Waals surface area (Å²) in [5.41, 5.74) is -0.175. The number of allylic oxidation sites excluding steroid dienone is 1. The van der Waals surface area contributed by atoms with Crippen LogP contribution in [0, 0.1) is 11.8 Å². The molecule has 0 unspecified atom stereocenters. The predicted octanol–water partition coefficient (Wildman–Crippen LogP) is 4.07. The van der Waals surface area contributed by atoms with Crippen molar-refractivity contribution in [3.8, 4) is 0 Å². The van der Waals surface area contributed by atoms with Gasteiger partial charge in [0.25, 0.3) is 5.91 Å². The molecule has 0 aliphatic carbocycles. The van der Waals surface area contributed by atoms with Crippen LogP contribution in [0.4, 0.5) is 5.69 Å². The van der Waals surface area contributed by atoms with Crippen LogP contribution in [0.15, 0.2) is 77.3 Å². The summed E-state index contributed by atoms with van der Waals surface area (Å²) >= 11 is 9.75. The van der Waals surface area contributed by atoms with E-state index in [0.29, 0.717) is 40.0 Å². The number of benzene rings is 2. The van der Waals surface area contributed by atoms with Crippen LogP contribution in [-0.2, 0) is 28.7 Å². The Balaban J connectivity index is 1.44. The molecule has 1 spiro atoms. The quantitative estimate of drug-likeness (QED) is 0.263. The van der Waals surface area contributed by atoms with E-state index < -0.39 is 41.7 Å². The smallest absolute Gasteiger partial charge is 0.313 e. The van der Waals surface area contributed by atoms with Crippen molar-refractivity contribution in [2.75, 3.05) is 31.1 Å². The summed E-state index contributed by atoms with van der Waals surface area (Å²) in [5, 5.41) is 12.9. The van der Waals surface area contributed by atoms with Crippen LogP contribution >= 0.6 is 27.5 Å². The zero-order chi connectivity index (χ0) is 32.4. The van der Waals surface area contributed by atoms with E-state index >= 15 is 0 Å². The lowest BCUT2D eigenvalue weighted by atomic mass is 9.74. The zero-order valence-electron chi connectivity index (χ0n) is 25.0.